The summed E-state index contributed by atoms with van der Waals surface area (Å²) in [6, 6.07) is 14.0. The smallest absolute Gasteiger partial charge is 0.282 e. The molecule has 0 aliphatic heterocycles. The Morgan fingerprint density at radius 3 is 2.70 bits per heavy atom. The van der Waals surface area contributed by atoms with Gasteiger partial charge in [-0.15, -0.1) is 0 Å². The molecule has 0 unspecified atom stereocenters. The highest BCUT2D eigenvalue weighted by Crippen LogP contribution is 2.23. The van der Waals surface area contributed by atoms with Crippen molar-refractivity contribution >= 4 is 27.3 Å². The van der Waals surface area contributed by atoms with Gasteiger partial charge < -0.3 is 0 Å². The summed E-state index contributed by atoms with van der Waals surface area (Å²) in [6.07, 6.45) is 0. The number of aromatic nitrogens is 3. The van der Waals surface area contributed by atoms with Gasteiger partial charge in [0.1, 0.15) is 5.82 Å². The lowest BCUT2D eigenvalue weighted by Gasteiger charge is -2.00. The van der Waals surface area contributed by atoms with Crippen LogP contribution in [0, 0.1) is 12.7 Å². The maximum atomic E-state index is 13.0. The minimum Gasteiger partial charge on any atom is -0.293 e. The molecule has 0 bridgehead atoms. The molecule has 4 rings (SSSR count). The SMILES string of the molecule is CC(=NCc1ccc(F)cc1)c1c(C)[nH]n(-c2nc3ccccc3s2)c1=O. The van der Waals surface area contributed by atoms with Gasteiger partial charge in [-0.1, -0.05) is 35.6 Å². The number of aliphatic imine (C=N–C) groups is 1. The molecule has 0 aliphatic carbocycles. The molecule has 4 aromatic rings. The van der Waals surface area contributed by atoms with Crippen LogP contribution in [0.5, 0.6) is 0 Å². The number of benzene rings is 2. The first-order chi connectivity index (χ1) is 13.0. The third-order valence-corrected chi connectivity index (χ3v) is 5.34. The van der Waals surface area contributed by atoms with E-state index in [0.717, 1.165) is 21.5 Å². The van der Waals surface area contributed by atoms with Crippen molar-refractivity contribution in [2.75, 3.05) is 0 Å². The van der Waals surface area contributed by atoms with Crippen LogP contribution < -0.4 is 5.56 Å². The molecule has 0 spiro atoms. The molecule has 27 heavy (non-hydrogen) atoms. The van der Waals surface area contributed by atoms with Gasteiger partial charge in [0.05, 0.1) is 22.3 Å². The molecule has 136 valence electrons. The predicted molar refractivity (Wildman–Crippen MR) is 107 cm³/mol. The number of hydrogen-bond donors (Lipinski definition) is 1. The van der Waals surface area contributed by atoms with E-state index in [1.54, 1.807) is 12.1 Å². The molecule has 0 saturated heterocycles. The Balaban J connectivity index is 1.68. The predicted octanol–water partition coefficient (Wildman–Crippen LogP) is 4.23. The van der Waals surface area contributed by atoms with Gasteiger partial charge in [-0.3, -0.25) is 14.9 Å². The van der Waals surface area contributed by atoms with Gasteiger partial charge in [0, 0.05) is 11.4 Å². The fourth-order valence-corrected chi connectivity index (χ4v) is 3.87. The van der Waals surface area contributed by atoms with E-state index in [1.165, 1.54) is 28.2 Å². The Hall–Kier alpha value is -3.06. The number of nitrogens with zero attached hydrogens (tertiary/aromatic N) is 3. The van der Waals surface area contributed by atoms with Crippen LogP contribution in [0.4, 0.5) is 4.39 Å². The standard InChI is InChI=1S/C20H17FN4OS/c1-12(22-11-14-7-9-15(21)10-8-14)18-13(2)24-25(19(18)26)20-23-16-5-3-4-6-17(16)27-20/h3-10,24H,11H2,1-2H3. The van der Waals surface area contributed by atoms with Gasteiger partial charge in [0.15, 0.2) is 0 Å². The van der Waals surface area contributed by atoms with Crippen molar-refractivity contribution in [2.45, 2.75) is 20.4 Å². The van der Waals surface area contributed by atoms with Crippen molar-refractivity contribution < 1.29 is 4.39 Å². The highest BCUT2D eigenvalue weighted by Gasteiger charge is 2.17. The van der Waals surface area contributed by atoms with E-state index in [-0.39, 0.29) is 11.4 Å². The minimum atomic E-state index is -0.278. The number of para-hydroxylation sites is 1. The zero-order valence-electron chi connectivity index (χ0n) is 14.9. The largest absolute Gasteiger partial charge is 0.293 e. The molecule has 0 saturated carbocycles. The van der Waals surface area contributed by atoms with Gasteiger partial charge >= 0.3 is 0 Å². The highest BCUT2D eigenvalue weighted by molar-refractivity contribution is 7.20. The lowest BCUT2D eigenvalue weighted by atomic mass is 10.1. The van der Waals surface area contributed by atoms with Gasteiger partial charge in [-0.25, -0.2) is 9.37 Å². The lowest BCUT2D eigenvalue weighted by Crippen LogP contribution is -2.19. The van der Waals surface area contributed by atoms with Crippen molar-refractivity contribution in [1.29, 1.82) is 0 Å². The second kappa shape index (κ2) is 6.92. The molecule has 2 heterocycles. The summed E-state index contributed by atoms with van der Waals surface area (Å²) in [4.78, 5) is 22.0. The fraction of sp³-hybridized carbons (Fsp3) is 0.150. The third kappa shape index (κ3) is 3.33. The van der Waals surface area contributed by atoms with Gasteiger partial charge in [0.2, 0.25) is 5.13 Å². The van der Waals surface area contributed by atoms with E-state index in [1.807, 2.05) is 38.1 Å². The second-order valence-corrected chi connectivity index (χ2v) is 7.25. The summed E-state index contributed by atoms with van der Waals surface area (Å²) in [6.45, 7) is 4.04. The molecule has 0 amide bonds. The van der Waals surface area contributed by atoms with Crippen LogP contribution in [0.3, 0.4) is 0 Å². The number of fused-ring (bicyclic) bond motifs is 1. The van der Waals surface area contributed by atoms with Crippen LogP contribution in [-0.2, 0) is 6.54 Å². The number of thiazole rings is 1. The summed E-state index contributed by atoms with van der Waals surface area (Å²) >= 11 is 1.46. The Labute approximate surface area is 158 Å². The molecule has 0 radical (unpaired) electrons. The van der Waals surface area contributed by atoms with E-state index >= 15 is 0 Å². The summed E-state index contributed by atoms with van der Waals surface area (Å²) in [7, 11) is 0. The molecule has 7 heteroatoms. The lowest BCUT2D eigenvalue weighted by molar-refractivity contribution is 0.627. The van der Waals surface area contributed by atoms with Crippen LogP contribution in [-0.4, -0.2) is 20.5 Å². The van der Waals surface area contributed by atoms with Crippen molar-refractivity contribution in [2.24, 2.45) is 4.99 Å². The average molecular weight is 380 g/mol. The fourth-order valence-electron chi connectivity index (χ4n) is 2.94. The maximum absolute atomic E-state index is 13.0. The molecule has 0 aliphatic rings. The Bertz CT molecular complexity index is 1170. The van der Waals surface area contributed by atoms with Crippen molar-refractivity contribution in [3.8, 4) is 5.13 Å². The monoisotopic (exact) mass is 380 g/mol. The average Bonchev–Trinajstić information content (AvgIpc) is 3.21. The molecule has 2 aromatic carbocycles. The molecule has 2 aromatic heterocycles. The van der Waals surface area contributed by atoms with Crippen molar-refractivity contribution in [3.05, 3.63) is 81.5 Å². The van der Waals surface area contributed by atoms with Crippen molar-refractivity contribution in [3.63, 3.8) is 0 Å². The number of rotatable bonds is 4. The number of hydrogen-bond acceptors (Lipinski definition) is 4. The summed E-state index contributed by atoms with van der Waals surface area (Å²) in [5.74, 6) is -0.278. The number of H-pyrrole nitrogens is 1. The number of nitrogens with one attached hydrogen (secondary N) is 1. The number of aromatic amines is 1. The molecule has 1 N–H and O–H groups in total. The van der Waals surface area contributed by atoms with Gasteiger partial charge in [-0.2, -0.15) is 4.68 Å². The molecular formula is C20H17FN4OS. The molecule has 0 atom stereocenters. The van der Waals surface area contributed by atoms with E-state index in [2.05, 4.69) is 15.1 Å². The summed E-state index contributed by atoms with van der Waals surface area (Å²) in [5.41, 5.74) is 3.48. The first-order valence-corrected chi connectivity index (χ1v) is 9.28. The normalized spacial score (nSPS) is 12.0. The van der Waals surface area contributed by atoms with Crippen LogP contribution in [0.15, 0.2) is 58.3 Å². The zero-order chi connectivity index (χ0) is 19.0. The highest BCUT2D eigenvalue weighted by atomic mass is 32.1. The Morgan fingerprint density at radius 2 is 1.96 bits per heavy atom. The van der Waals surface area contributed by atoms with E-state index in [0.29, 0.717) is 23.0 Å². The second-order valence-electron chi connectivity index (χ2n) is 6.24. The van der Waals surface area contributed by atoms with Crippen LogP contribution in [0.25, 0.3) is 15.3 Å². The van der Waals surface area contributed by atoms with E-state index in [4.69, 9.17) is 0 Å². The van der Waals surface area contributed by atoms with Crippen LogP contribution >= 0.6 is 11.3 Å². The summed E-state index contributed by atoms with van der Waals surface area (Å²) < 4.78 is 15.5. The third-order valence-electron chi connectivity index (χ3n) is 4.32. The van der Waals surface area contributed by atoms with Crippen molar-refractivity contribution in [1.82, 2.24) is 14.8 Å². The maximum Gasteiger partial charge on any atom is 0.282 e. The van der Waals surface area contributed by atoms with Gasteiger partial charge in [-0.05, 0) is 43.7 Å². The van der Waals surface area contributed by atoms with Crippen LogP contribution in [0.2, 0.25) is 0 Å². The first kappa shape index (κ1) is 17.4. The molecule has 0 fully saturated rings. The summed E-state index contributed by atoms with van der Waals surface area (Å²) in [5, 5.41) is 3.70. The minimum absolute atomic E-state index is 0.174. The Morgan fingerprint density at radius 1 is 1.22 bits per heavy atom. The quantitative estimate of drug-likeness (QED) is 0.539. The van der Waals surface area contributed by atoms with E-state index in [9.17, 15) is 9.18 Å². The van der Waals surface area contributed by atoms with Crippen LogP contribution in [0.1, 0.15) is 23.7 Å². The molecular weight excluding hydrogens is 363 g/mol. The number of halogens is 1. The van der Waals surface area contributed by atoms with E-state index < -0.39 is 0 Å². The zero-order valence-corrected chi connectivity index (χ0v) is 15.7. The van der Waals surface area contributed by atoms with Gasteiger partial charge in [0.25, 0.3) is 5.56 Å². The number of aryl methyl sites for hydroxylation is 1. The molecule has 5 nitrogen and oxygen atoms in total. The Kier molecular flexibility index (Phi) is 4.45. The topological polar surface area (TPSA) is 63.0 Å². The first-order valence-electron chi connectivity index (χ1n) is 8.46.